The van der Waals surface area contributed by atoms with Crippen LogP contribution < -0.4 is 0 Å². The molecule has 0 radical (unpaired) electrons. The van der Waals surface area contributed by atoms with E-state index in [1.807, 2.05) is 12.1 Å². The normalized spacial score (nSPS) is 10.3. The Morgan fingerprint density at radius 3 is 2.12 bits per heavy atom. The largest absolute Gasteiger partial charge is 0.481 e. The van der Waals surface area contributed by atoms with Gasteiger partial charge in [0.25, 0.3) is 0 Å². The van der Waals surface area contributed by atoms with Crippen molar-refractivity contribution in [2.24, 2.45) is 0 Å². The quantitative estimate of drug-likeness (QED) is 0.472. The Balaban J connectivity index is 2.38. The van der Waals surface area contributed by atoms with Crippen molar-refractivity contribution in [2.75, 3.05) is 4.43 Å². The molecule has 0 amide bonds. The van der Waals surface area contributed by atoms with Crippen molar-refractivity contribution in [3.05, 3.63) is 35.4 Å². The minimum Gasteiger partial charge on any atom is -0.481 e. The van der Waals surface area contributed by atoms with Gasteiger partial charge in [-0.05, 0) is 41.2 Å². The molecule has 0 spiro atoms. The highest BCUT2D eigenvalue weighted by atomic mass is 127. The molecule has 0 bridgehead atoms. The zero-order valence-electron chi connectivity index (χ0n) is 9.29. The van der Waals surface area contributed by atoms with Crippen LogP contribution in [0.1, 0.15) is 30.4 Å². The van der Waals surface area contributed by atoms with Gasteiger partial charge in [0, 0.05) is 6.42 Å². The van der Waals surface area contributed by atoms with Crippen molar-refractivity contribution in [1.29, 1.82) is 0 Å². The van der Waals surface area contributed by atoms with Gasteiger partial charge in [-0.25, -0.2) is 0 Å². The first-order valence-electron chi connectivity index (χ1n) is 5.58. The summed E-state index contributed by atoms with van der Waals surface area (Å²) in [5, 5.41) is 8.57. The van der Waals surface area contributed by atoms with Crippen LogP contribution >= 0.6 is 22.6 Å². The van der Waals surface area contributed by atoms with Crippen LogP contribution in [0.4, 0.5) is 0 Å². The van der Waals surface area contributed by atoms with E-state index in [1.54, 1.807) is 0 Å². The zero-order valence-corrected chi connectivity index (χ0v) is 11.4. The van der Waals surface area contributed by atoms with Crippen LogP contribution in [0.25, 0.3) is 0 Å². The minimum atomic E-state index is -0.730. The first kappa shape index (κ1) is 13.5. The van der Waals surface area contributed by atoms with E-state index in [9.17, 15) is 4.79 Å². The Morgan fingerprint density at radius 2 is 1.62 bits per heavy atom. The highest BCUT2D eigenvalue weighted by molar-refractivity contribution is 14.1. The van der Waals surface area contributed by atoms with Gasteiger partial charge in [-0.15, -0.1) is 0 Å². The molecule has 1 rings (SSSR count). The first-order chi connectivity index (χ1) is 7.72. The Labute approximate surface area is 110 Å². The molecule has 0 aromatic heterocycles. The van der Waals surface area contributed by atoms with Crippen molar-refractivity contribution in [3.8, 4) is 0 Å². The lowest BCUT2D eigenvalue weighted by Gasteiger charge is -2.02. The molecule has 1 aromatic rings. The summed E-state index contributed by atoms with van der Waals surface area (Å²) in [6, 6.07) is 8.32. The molecule has 0 fully saturated rings. The van der Waals surface area contributed by atoms with Crippen LogP contribution in [0, 0.1) is 0 Å². The highest BCUT2D eigenvalue weighted by Crippen LogP contribution is 2.10. The molecule has 88 valence electrons. The van der Waals surface area contributed by atoms with E-state index < -0.39 is 5.97 Å². The number of benzene rings is 1. The monoisotopic (exact) mass is 332 g/mol. The summed E-state index contributed by atoms with van der Waals surface area (Å²) >= 11 is 2.40. The van der Waals surface area contributed by atoms with Crippen LogP contribution in [0.15, 0.2) is 24.3 Å². The van der Waals surface area contributed by atoms with E-state index in [0.717, 1.165) is 12.0 Å². The number of rotatable bonds is 7. The molecule has 0 saturated carbocycles. The Bertz CT molecular complexity index is 319. The number of carboxylic acids is 1. The lowest BCUT2D eigenvalue weighted by Crippen LogP contribution is -1.97. The van der Waals surface area contributed by atoms with Crippen LogP contribution in [0.2, 0.25) is 0 Å². The van der Waals surface area contributed by atoms with Gasteiger partial charge in [0.05, 0.1) is 0 Å². The third-order valence-electron chi connectivity index (χ3n) is 2.50. The Morgan fingerprint density at radius 1 is 1.06 bits per heavy atom. The number of aryl methyl sites for hydroxylation is 2. The number of carbonyl (C=O) groups is 1. The number of alkyl halides is 1. The van der Waals surface area contributed by atoms with Gasteiger partial charge in [0.1, 0.15) is 0 Å². The maximum absolute atomic E-state index is 10.4. The number of halogens is 1. The lowest BCUT2D eigenvalue weighted by molar-refractivity contribution is -0.136. The third-order valence-corrected chi connectivity index (χ3v) is 3.26. The van der Waals surface area contributed by atoms with Gasteiger partial charge in [-0.2, -0.15) is 0 Å². The predicted octanol–water partition coefficient (Wildman–Crippen LogP) is 3.46. The molecule has 0 aliphatic heterocycles. The fraction of sp³-hybridized carbons (Fsp3) is 0.462. The minimum absolute atomic E-state index is 0.216. The number of carboxylic acid groups (broad SMARTS) is 1. The van der Waals surface area contributed by atoms with Crippen LogP contribution in [0.3, 0.4) is 0 Å². The molecule has 0 atom stereocenters. The van der Waals surface area contributed by atoms with E-state index in [1.165, 1.54) is 22.8 Å². The molecule has 3 heteroatoms. The van der Waals surface area contributed by atoms with Crippen LogP contribution in [0.5, 0.6) is 0 Å². The molecule has 0 aliphatic rings. The van der Waals surface area contributed by atoms with Crippen molar-refractivity contribution < 1.29 is 9.90 Å². The average Bonchev–Trinajstić information content (AvgIpc) is 2.28. The summed E-state index contributed by atoms with van der Waals surface area (Å²) in [5.41, 5.74) is 2.46. The van der Waals surface area contributed by atoms with E-state index in [2.05, 4.69) is 34.7 Å². The maximum Gasteiger partial charge on any atom is 0.303 e. The fourth-order valence-corrected chi connectivity index (χ4v) is 2.09. The van der Waals surface area contributed by atoms with E-state index in [0.29, 0.717) is 6.42 Å². The molecule has 1 N–H and O–H groups in total. The van der Waals surface area contributed by atoms with Crippen LogP contribution in [-0.2, 0) is 17.6 Å². The molecule has 0 aliphatic carbocycles. The molecule has 16 heavy (non-hydrogen) atoms. The lowest BCUT2D eigenvalue weighted by atomic mass is 10.0. The Hall–Kier alpha value is -0.580. The summed E-state index contributed by atoms with van der Waals surface area (Å²) in [6.45, 7) is 0. The van der Waals surface area contributed by atoms with Gasteiger partial charge in [-0.1, -0.05) is 46.9 Å². The molecule has 0 saturated heterocycles. The SMILES string of the molecule is O=C(O)CCc1ccc(CCCCI)cc1. The number of hydrogen-bond donors (Lipinski definition) is 1. The van der Waals surface area contributed by atoms with Crippen molar-refractivity contribution in [1.82, 2.24) is 0 Å². The highest BCUT2D eigenvalue weighted by Gasteiger charge is 1.99. The summed E-state index contributed by atoms with van der Waals surface area (Å²) in [7, 11) is 0. The summed E-state index contributed by atoms with van der Waals surface area (Å²) in [5.74, 6) is -0.730. The second-order valence-corrected chi connectivity index (χ2v) is 4.94. The van der Waals surface area contributed by atoms with Crippen molar-refractivity contribution in [2.45, 2.75) is 32.1 Å². The molecule has 0 heterocycles. The second kappa shape index (κ2) is 7.65. The van der Waals surface area contributed by atoms with Crippen molar-refractivity contribution >= 4 is 28.6 Å². The smallest absolute Gasteiger partial charge is 0.303 e. The van der Waals surface area contributed by atoms with Gasteiger partial charge < -0.3 is 5.11 Å². The summed E-state index contributed by atoms with van der Waals surface area (Å²) < 4.78 is 1.22. The zero-order chi connectivity index (χ0) is 11.8. The number of hydrogen-bond acceptors (Lipinski definition) is 1. The van der Waals surface area contributed by atoms with Gasteiger partial charge in [0.15, 0.2) is 0 Å². The first-order valence-corrected chi connectivity index (χ1v) is 7.10. The molecule has 0 unspecified atom stereocenters. The Kier molecular flexibility index (Phi) is 6.45. The van der Waals surface area contributed by atoms with E-state index >= 15 is 0 Å². The fourth-order valence-electron chi connectivity index (χ4n) is 1.55. The molecule has 2 nitrogen and oxygen atoms in total. The molecular weight excluding hydrogens is 315 g/mol. The van der Waals surface area contributed by atoms with E-state index in [-0.39, 0.29) is 6.42 Å². The van der Waals surface area contributed by atoms with E-state index in [4.69, 9.17) is 5.11 Å². The third kappa shape index (κ3) is 5.49. The molecular formula is C13H17IO2. The van der Waals surface area contributed by atoms with Gasteiger partial charge >= 0.3 is 5.97 Å². The van der Waals surface area contributed by atoms with Gasteiger partial charge in [0.2, 0.25) is 0 Å². The number of aliphatic carboxylic acids is 1. The summed E-state index contributed by atoms with van der Waals surface area (Å²) in [4.78, 5) is 10.4. The standard InChI is InChI=1S/C13H17IO2/c14-10-2-1-3-11-4-6-12(7-5-11)8-9-13(15)16/h4-7H,1-3,8-10H2,(H,15,16). The predicted molar refractivity (Wildman–Crippen MR) is 74.2 cm³/mol. The van der Waals surface area contributed by atoms with Crippen LogP contribution in [-0.4, -0.2) is 15.5 Å². The second-order valence-electron chi connectivity index (χ2n) is 3.86. The van der Waals surface area contributed by atoms with Crippen molar-refractivity contribution in [3.63, 3.8) is 0 Å². The molecule has 1 aromatic carbocycles. The average molecular weight is 332 g/mol. The summed E-state index contributed by atoms with van der Waals surface area (Å²) in [6.07, 6.45) is 4.47. The topological polar surface area (TPSA) is 37.3 Å². The van der Waals surface area contributed by atoms with Gasteiger partial charge in [-0.3, -0.25) is 4.79 Å². The number of unbranched alkanes of at least 4 members (excludes halogenated alkanes) is 1. The maximum atomic E-state index is 10.4.